The van der Waals surface area contributed by atoms with E-state index in [0.717, 1.165) is 19.1 Å². The van der Waals surface area contributed by atoms with Gasteiger partial charge >= 0.3 is 0 Å². The van der Waals surface area contributed by atoms with Crippen LogP contribution in [0.4, 0.5) is 0 Å². The van der Waals surface area contributed by atoms with Crippen LogP contribution in [0, 0.1) is 22.7 Å². The number of rotatable bonds is 5. The molecule has 26 heavy (non-hydrogen) atoms. The summed E-state index contributed by atoms with van der Waals surface area (Å²) in [5.41, 5.74) is 1.49. The Bertz CT molecular complexity index is 682. The Morgan fingerprint density at radius 1 is 1.27 bits per heavy atom. The second-order valence-corrected chi connectivity index (χ2v) is 11.7. The quantitative estimate of drug-likeness (QED) is 0.392. The van der Waals surface area contributed by atoms with E-state index < -0.39 is 21.8 Å². The molecule has 2 saturated carbocycles. The molecule has 0 bridgehead atoms. The molecule has 5 heteroatoms. The minimum Gasteiger partial charge on any atom is -0.363 e. The topological polar surface area (TPSA) is 55.9 Å². The molecule has 3 aliphatic rings. The Morgan fingerprint density at radius 3 is 2.54 bits per heavy atom. The molecule has 0 N–H and O–H groups in total. The van der Waals surface area contributed by atoms with Gasteiger partial charge in [-0.05, 0) is 68.6 Å². The molecular weight excluding hydrogens is 348 g/mol. The van der Waals surface area contributed by atoms with Crippen molar-refractivity contribution < 1.29 is 17.3 Å². The average Bonchev–Trinajstić information content (AvgIpc) is 3.12. The number of allylic oxidation sites excluding steroid dienone is 1. The largest absolute Gasteiger partial charge is 0.363 e. The van der Waals surface area contributed by atoms with Gasteiger partial charge in [-0.1, -0.05) is 39.3 Å². The van der Waals surface area contributed by atoms with Crippen molar-refractivity contribution in [1.29, 1.82) is 0 Å². The maximum atomic E-state index is 11.5. The SMILES string of the molecule is C=C1CC[C@H]2C(C)(C)CCC[C@]2(C)[C@H]1C[C@H]1O[C@]1(C)C(C)OS(C)(=O)=O. The van der Waals surface area contributed by atoms with Gasteiger partial charge in [0.2, 0.25) is 0 Å². The van der Waals surface area contributed by atoms with Crippen LogP contribution in [0.2, 0.25) is 0 Å². The van der Waals surface area contributed by atoms with Crippen LogP contribution in [-0.4, -0.2) is 32.5 Å². The van der Waals surface area contributed by atoms with Crippen molar-refractivity contribution in [3.8, 4) is 0 Å². The van der Waals surface area contributed by atoms with E-state index in [-0.39, 0.29) is 11.5 Å². The molecule has 6 atom stereocenters. The molecule has 150 valence electrons. The minimum absolute atomic E-state index is 0.0432. The third-order valence-corrected chi connectivity index (χ3v) is 8.51. The van der Waals surface area contributed by atoms with Crippen LogP contribution in [0.15, 0.2) is 12.2 Å². The first-order chi connectivity index (χ1) is 11.8. The van der Waals surface area contributed by atoms with Crippen molar-refractivity contribution in [1.82, 2.24) is 0 Å². The van der Waals surface area contributed by atoms with E-state index in [1.807, 2.05) is 6.92 Å². The Balaban J connectivity index is 1.76. The van der Waals surface area contributed by atoms with Crippen molar-refractivity contribution in [2.45, 2.75) is 91.0 Å². The fraction of sp³-hybridized carbons (Fsp3) is 0.905. The molecule has 2 aliphatic carbocycles. The third-order valence-electron chi connectivity index (χ3n) is 7.87. The van der Waals surface area contributed by atoms with E-state index in [4.69, 9.17) is 8.92 Å². The molecule has 3 rings (SSSR count). The predicted octanol–water partition coefficient (Wildman–Crippen LogP) is 4.70. The summed E-state index contributed by atoms with van der Waals surface area (Å²) in [6.45, 7) is 15.5. The normalized spacial score (nSPS) is 43.6. The van der Waals surface area contributed by atoms with Crippen LogP contribution in [0.25, 0.3) is 0 Å². The summed E-state index contributed by atoms with van der Waals surface area (Å²) in [4.78, 5) is 0. The van der Waals surface area contributed by atoms with Gasteiger partial charge < -0.3 is 4.74 Å². The molecule has 1 aliphatic heterocycles. The van der Waals surface area contributed by atoms with Crippen molar-refractivity contribution in [3.05, 3.63) is 12.2 Å². The van der Waals surface area contributed by atoms with Gasteiger partial charge in [-0.25, -0.2) is 0 Å². The van der Waals surface area contributed by atoms with E-state index in [0.29, 0.717) is 17.3 Å². The monoisotopic (exact) mass is 384 g/mol. The maximum Gasteiger partial charge on any atom is 0.264 e. The van der Waals surface area contributed by atoms with Crippen molar-refractivity contribution >= 4 is 10.1 Å². The molecule has 0 radical (unpaired) electrons. The summed E-state index contributed by atoms with van der Waals surface area (Å²) in [6.07, 6.45) is 7.79. The predicted molar refractivity (Wildman–Crippen MR) is 104 cm³/mol. The lowest BCUT2D eigenvalue weighted by atomic mass is 9.47. The van der Waals surface area contributed by atoms with Crippen molar-refractivity contribution in [2.24, 2.45) is 22.7 Å². The number of hydrogen-bond acceptors (Lipinski definition) is 4. The molecule has 0 aromatic rings. The first-order valence-electron chi connectivity index (χ1n) is 10.0. The molecular formula is C21H36O4S. The molecule has 1 saturated heterocycles. The second-order valence-electron chi connectivity index (χ2n) is 10.1. The highest BCUT2D eigenvalue weighted by molar-refractivity contribution is 7.86. The van der Waals surface area contributed by atoms with E-state index >= 15 is 0 Å². The standard InChI is InChI=1S/C21H36O4S/c1-14-9-10-17-19(3,4)11-8-12-20(17,5)16(14)13-18-21(6,24-18)15(2)25-26(7,22)23/h15-18H,1,8-13H2,2-7H3/t15?,16-,17-,18+,20+,21+/m0/s1. The van der Waals surface area contributed by atoms with Gasteiger partial charge in [-0.15, -0.1) is 0 Å². The zero-order valence-electron chi connectivity index (χ0n) is 17.3. The van der Waals surface area contributed by atoms with Gasteiger partial charge in [0.15, 0.2) is 0 Å². The molecule has 4 nitrogen and oxygen atoms in total. The smallest absolute Gasteiger partial charge is 0.264 e. The van der Waals surface area contributed by atoms with E-state index in [1.165, 1.54) is 31.3 Å². The first kappa shape index (κ1) is 20.3. The van der Waals surface area contributed by atoms with Gasteiger partial charge in [0.1, 0.15) is 11.7 Å². The number of fused-ring (bicyclic) bond motifs is 1. The zero-order chi connectivity index (χ0) is 19.5. The Labute approximate surface area is 159 Å². The summed E-state index contributed by atoms with van der Waals surface area (Å²) in [5, 5.41) is 0. The average molecular weight is 385 g/mol. The molecule has 0 spiro atoms. The minimum atomic E-state index is -3.48. The van der Waals surface area contributed by atoms with Crippen molar-refractivity contribution in [3.63, 3.8) is 0 Å². The van der Waals surface area contributed by atoms with Gasteiger partial charge in [0, 0.05) is 0 Å². The number of epoxide rings is 1. The van der Waals surface area contributed by atoms with Crippen LogP contribution >= 0.6 is 0 Å². The zero-order valence-corrected chi connectivity index (χ0v) is 18.1. The molecule has 0 aromatic carbocycles. The molecule has 1 unspecified atom stereocenters. The van der Waals surface area contributed by atoms with E-state index in [1.54, 1.807) is 6.92 Å². The van der Waals surface area contributed by atoms with Crippen LogP contribution in [0.3, 0.4) is 0 Å². The van der Waals surface area contributed by atoms with Gasteiger partial charge in [0.05, 0.1) is 12.4 Å². The highest BCUT2D eigenvalue weighted by Crippen LogP contribution is 2.63. The van der Waals surface area contributed by atoms with E-state index in [2.05, 4.69) is 27.4 Å². The highest BCUT2D eigenvalue weighted by atomic mass is 32.2. The third kappa shape index (κ3) is 3.51. The molecule has 0 aromatic heterocycles. The Hall–Kier alpha value is -0.390. The fourth-order valence-electron chi connectivity index (χ4n) is 6.19. The lowest BCUT2D eigenvalue weighted by Gasteiger charge is -2.58. The van der Waals surface area contributed by atoms with E-state index in [9.17, 15) is 8.42 Å². The van der Waals surface area contributed by atoms with Crippen LogP contribution < -0.4 is 0 Å². The Morgan fingerprint density at radius 2 is 1.92 bits per heavy atom. The summed E-state index contributed by atoms with van der Waals surface area (Å²) in [6, 6.07) is 0. The van der Waals surface area contributed by atoms with Crippen LogP contribution in [0.5, 0.6) is 0 Å². The summed E-state index contributed by atoms with van der Waals surface area (Å²) in [7, 11) is -3.48. The van der Waals surface area contributed by atoms with Gasteiger partial charge in [-0.2, -0.15) is 8.42 Å². The number of ether oxygens (including phenoxy) is 1. The van der Waals surface area contributed by atoms with Crippen LogP contribution in [0.1, 0.15) is 73.1 Å². The first-order valence-corrected chi connectivity index (χ1v) is 11.8. The summed E-state index contributed by atoms with van der Waals surface area (Å²) < 4.78 is 34.2. The van der Waals surface area contributed by atoms with Gasteiger partial charge in [-0.3, -0.25) is 4.18 Å². The lowest BCUT2D eigenvalue weighted by Crippen LogP contribution is -2.50. The number of hydrogen-bond donors (Lipinski definition) is 0. The Kier molecular flexibility index (Phi) is 4.94. The highest BCUT2D eigenvalue weighted by Gasteiger charge is 2.61. The van der Waals surface area contributed by atoms with Crippen molar-refractivity contribution in [2.75, 3.05) is 6.26 Å². The lowest BCUT2D eigenvalue weighted by molar-refractivity contribution is -0.0556. The fourth-order valence-corrected chi connectivity index (χ4v) is 6.91. The maximum absolute atomic E-state index is 11.5. The van der Waals surface area contributed by atoms with Gasteiger partial charge in [0.25, 0.3) is 10.1 Å². The molecule has 0 amide bonds. The van der Waals surface area contributed by atoms with Crippen LogP contribution in [-0.2, 0) is 19.0 Å². The summed E-state index contributed by atoms with van der Waals surface area (Å²) in [5.74, 6) is 1.16. The second kappa shape index (κ2) is 6.31. The molecule has 3 fully saturated rings. The summed E-state index contributed by atoms with van der Waals surface area (Å²) >= 11 is 0. The molecule has 1 heterocycles.